The smallest absolute Gasteiger partial charge is 0.144 e. The number of fused-ring (bicyclic) bond motifs is 3. The third-order valence-electron chi connectivity index (χ3n) is 7.40. The average Bonchev–Trinajstić information content (AvgIpc) is 2.98. The van der Waals surface area contributed by atoms with Crippen LogP contribution in [0.15, 0.2) is 146 Å². The first-order valence-electron chi connectivity index (χ1n) is 13.6. The van der Waals surface area contributed by atoms with Crippen molar-refractivity contribution in [2.75, 3.05) is 6.61 Å². The molecule has 39 heavy (non-hydrogen) atoms. The van der Waals surface area contributed by atoms with Crippen LogP contribution in [-0.4, -0.2) is 20.5 Å². The summed E-state index contributed by atoms with van der Waals surface area (Å²) >= 11 is 0. The molecule has 0 amide bonds. The monoisotopic (exact) mass is 502 g/mol. The molecule has 1 aliphatic heterocycles. The average molecular weight is 502 g/mol. The Morgan fingerprint density at radius 3 is 1.97 bits per heavy atom. The maximum Gasteiger partial charge on any atom is 0.144 e. The first kappa shape index (κ1) is 24.9. The van der Waals surface area contributed by atoms with Gasteiger partial charge < -0.3 is 4.74 Å². The Bertz CT molecular complexity index is 1760. The number of allylic oxidation sites excluding steroid dienone is 7. The zero-order valence-electron chi connectivity index (χ0n) is 22.3. The fraction of sp³-hybridized carbons (Fsp3) is 0.0811. The molecule has 0 aromatic heterocycles. The van der Waals surface area contributed by atoms with E-state index < -0.39 is 0 Å². The second kappa shape index (κ2) is 11.1. The summed E-state index contributed by atoms with van der Waals surface area (Å²) in [5.41, 5.74) is 5.98. The van der Waals surface area contributed by atoms with Gasteiger partial charge in [0.1, 0.15) is 7.85 Å². The van der Waals surface area contributed by atoms with Crippen molar-refractivity contribution >= 4 is 45.7 Å². The van der Waals surface area contributed by atoms with Crippen molar-refractivity contribution in [3.63, 3.8) is 0 Å². The summed E-state index contributed by atoms with van der Waals surface area (Å²) in [5, 5.41) is 7.48. The second-order valence-corrected chi connectivity index (χ2v) is 10.1. The van der Waals surface area contributed by atoms with Crippen LogP contribution in [-0.2, 0) is 4.74 Å². The van der Waals surface area contributed by atoms with Gasteiger partial charge in [0.2, 0.25) is 0 Å². The molecule has 2 heteroatoms. The normalized spacial score (nSPS) is 20.5. The number of hydrogen-bond acceptors (Lipinski definition) is 1. The standard InChI is InChI=1S/C37H31BO/c1-26-13-4-2-3-11-24-39-35(38)23-22-28(25-26)36-31-17-7-9-19-33(31)37(34-20-10-8-18-32(34)36)30-21-12-15-27-14-5-6-16-29(27)30/h2-12,14-23,25,35H,1,13,24,38H2/b4-2-,11-3-,23-22-,28-25+. The zero-order chi connectivity index (χ0) is 26.6. The summed E-state index contributed by atoms with van der Waals surface area (Å²) in [4.78, 5) is 0. The molecule has 188 valence electrons. The zero-order valence-corrected chi connectivity index (χ0v) is 22.3. The Kier molecular flexibility index (Phi) is 7.12. The molecule has 0 saturated heterocycles. The van der Waals surface area contributed by atoms with Crippen molar-refractivity contribution in [3.8, 4) is 11.1 Å². The number of rotatable bonds is 2. The van der Waals surface area contributed by atoms with E-state index in [9.17, 15) is 0 Å². The van der Waals surface area contributed by atoms with Crippen molar-refractivity contribution in [1.82, 2.24) is 0 Å². The molecule has 1 aliphatic rings. The summed E-state index contributed by atoms with van der Waals surface area (Å²) in [5.74, 6) is 0. The Labute approximate surface area is 231 Å². The van der Waals surface area contributed by atoms with Gasteiger partial charge in [0.25, 0.3) is 0 Å². The topological polar surface area (TPSA) is 9.23 Å². The minimum atomic E-state index is -0.0106. The molecular formula is C37H31BO. The predicted molar refractivity (Wildman–Crippen MR) is 172 cm³/mol. The molecular weight excluding hydrogens is 471 g/mol. The Hall–Kier alpha value is -4.40. The van der Waals surface area contributed by atoms with Crippen molar-refractivity contribution < 1.29 is 4.74 Å². The first-order valence-corrected chi connectivity index (χ1v) is 13.6. The van der Waals surface area contributed by atoms with E-state index in [0.29, 0.717) is 6.61 Å². The number of benzene rings is 5. The van der Waals surface area contributed by atoms with Crippen LogP contribution >= 0.6 is 0 Å². The quantitative estimate of drug-likeness (QED) is 0.173. The Morgan fingerprint density at radius 2 is 1.26 bits per heavy atom. The molecule has 1 atom stereocenters. The molecule has 1 nitrogen and oxygen atoms in total. The van der Waals surface area contributed by atoms with Gasteiger partial charge >= 0.3 is 0 Å². The maximum absolute atomic E-state index is 6.00. The highest BCUT2D eigenvalue weighted by Crippen LogP contribution is 2.44. The van der Waals surface area contributed by atoms with E-state index in [4.69, 9.17) is 4.74 Å². The van der Waals surface area contributed by atoms with Gasteiger partial charge in [-0.3, -0.25) is 0 Å². The summed E-state index contributed by atoms with van der Waals surface area (Å²) in [6.07, 6.45) is 15.7. The largest absolute Gasteiger partial charge is 0.379 e. The van der Waals surface area contributed by atoms with Gasteiger partial charge in [-0.05, 0) is 61.0 Å². The van der Waals surface area contributed by atoms with Gasteiger partial charge in [0.05, 0.1) is 6.61 Å². The third-order valence-corrected chi connectivity index (χ3v) is 7.40. The van der Waals surface area contributed by atoms with Gasteiger partial charge in [0.15, 0.2) is 0 Å². The molecule has 5 aromatic carbocycles. The predicted octanol–water partition coefficient (Wildman–Crippen LogP) is 8.80. The first-order chi connectivity index (χ1) is 19.2. The van der Waals surface area contributed by atoms with E-state index in [2.05, 4.69) is 136 Å². The molecule has 0 N–H and O–H groups in total. The molecule has 0 fully saturated rings. The van der Waals surface area contributed by atoms with Crippen LogP contribution in [0.3, 0.4) is 0 Å². The number of ether oxygens (including phenoxy) is 1. The Balaban J connectivity index is 1.67. The molecule has 0 spiro atoms. The summed E-state index contributed by atoms with van der Waals surface area (Å²) in [6, 6.07) is 32.9. The number of hydrogen-bond donors (Lipinski definition) is 0. The highest BCUT2D eigenvalue weighted by molar-refractivity contribution is 6.22. The van der Waals surface area contributed by atoms with E-state index in [-0.39, 0.29) is 6.00 Å². The van der Waals surface area contributed by atoms with Crippen LogP contribution in [0.1, 0.15) is 12.0 Å². The lowest BCUT2D eigenvalue weighted by atomic mass is 9.84. The molecule has 0 aliphatic carbocycles. The molecule has 5 aromatic rings. The van der Waals surface area contributed by atoms with E-state index in [1.807, 2.05) is 12.2 Å². The highest BCUT2D eigenvalue weighted by Gasteiger charge is 2.18. The minimum absolute atomic E-state index is 0.0106. The van der Waals surface area contributed by atoms with Crippen LogP contribution in [0, 0.1) is 0 Å². The van der Waals surface area contributed by atoms with Crippen LogP contribution < -0.4 is 0 Å². The third kappa shape index (κ3) is 5.04. The van der Waals surface area contributed by atoms with E-state index in [1.54, 1.807) is 0 Å². The molecule has 0 saturated carbocycles. The van der Waals surface area contributed by atoms with Crippen LogP contribution in [0.2, 0.25) is 0 Å². The van der Waals surface area contributed by atoms with Crippen molar-refractivity contribution in [1.29, 1.82) is 0 Å². The van der Waals surface area contributed by atoms with Crippen molar-refractivity contribution in [2.45, 2.75) is 12.4 Å². The summed E-state index contributed by atoms with van der Waals surface area (Å²) in [6.45, 7) is 4.99. The molecule has 1 heterocycles. The molecule has 1 unspecified atom stereocenters. The van der Waals surface area contributed by atoms with E-state index in [1.165, 1.54) is 49.0 Å². The van der Waals surface area contributed by atoms with Gasteiger partial charge in [-0.25, -0.2) is 0 Å². The van der Waals surface area contributed by atoms with Crippen LogP contribution in [0.25, 0.3) is 49.0 Å². The van der Waals surface area contributed by atoms with E-state index in [0.717, 1.165) is 17.6 Å². The SMILES string of the molecule is BC1/C=C\C(c2c3ccccc3c(-c3cccc4ccccc34)c3ccccc23)=C/C(=C)C/C=C\C=C/CO1. The van der Waals surface area contributed by atoms with Crippen LogP contribution in [0.4, 0.5) is 0 Å². The van der Waals surface area contributed by atoms with Crippen LogP contribution in [0.5, 0.6) is 0 Å². The van der Waals surface area contributed by atoms with Crippen molar-refractivity contribution in [2.24, 2.45) is 0 Å². The lowest BCUT2D eigenvalue weighted by molar-refractivity contribution is 0.164. The highest BCUT2D eigenvalue weighted by atomic mass is 16.5. The van der Waals surface area contributed by atoms with Crippen molar-refractivity contribution in [3.05, 3.63) is 151 Å². The molecule has 0 radical (unpaired) electrons. The lowest BCUT2D eigenvalue weighted by Gasteiger charge is -2.19. The maximum atomic E-state index is 6.00. The Morgan fingerprint density at radius 1 is 0.667 bits per heavy atom. The van der Waals surface area contributed by atoms with Gasteiger partial charge in [-0.1, -0.05) is 146 Å². The van der Waals surface area contributed by atoms with E-state index >= 15 is 0 Å². The van der Waals surface area contributed by atoms with Gasteiger partial charge in [-0.15, -0.1) is 0 Å². The lowest BCUT2D eigenvalue weighted by Crippen LogP contribution is -2.09. The fourth-order valence-electron chi connectivity index (χ4n) is 5.59. The summed E-state index contributed by atoms with van der Waals surface area (Å²) in [7, 11) is 2.09. The van der Waals surface area contributed by atoms with Gasteiger partial charge in [0, 0.05) is 6.00 Å². The molecule has 0 bridgehead atoms. The summed E-state index contributed by atoms with van der Waals surface area (Å²) < 4.78 is 6.00. The minimum Gasteiger partial charge on any atom is -0.379 e. The second-order valence-electron chi connectivity index (χ2n) is 10.1. The van der Waals surface area contributed by atoms with Gasteiger partial charge in [-0.2, -0.15) is 0 Å². The molecule has 6 rings (SSSR count). The fourth-order valence-corrected chi connectivity index (χ4v) is 5.59.